The smallest absolute Gasteiger partial charge is 0.252 e. The minimum Gasteiger partial charge on any atom is -0.508 e. The number of phenolic OH excluding ortho intramolecular Hbond substituents is 1. The molecule has 1 aromatic carbocycles. The molecule has 162 valence electrons. The van der Waals surface area contributed by atoms with Gasteiger partial charge in [-0.3, -0.25) is 9.59 Å². The van der Waals surface area contributed by atoms with Crippen LogP contribution < -0.4 is 10.6 Å². The van der Waals surface area contributed by atoms with Crippen molar-refractivity contribution in [3.8, 4) is 5.75 Å². The van der Waals surface area contributed by atoms with Gasteiger partial charge in [0.1, 0.15) is 9.96 Å². The first-order chi connectivity index (χ1) is 14.4. The molecule has 1 fully saturated rings. The Labute approximate surface area is 180 Å². The summed E-state index contributed by atoms with van der Waals surface area (Å²) in [6.07, 6.45) is 1.55. The van der Waals surface area contributed by atoms with Crippen LogP contribution in [0.3, 0.4) is 0 Å². The van der Waals surface area contributed by atoms with Crippen molar-refractivity contribution < 1.29 is 23.1 Å². The maximum atomic E-state index is 12.5. The van der Waals surface area contributed by atoms with E-state index in [0.29, 0.717) is 55.2 Å². The van der Waals surface area contributed by atoms with E-state index in [1.807, 2.05) is 0 Å². The standard InChI is InChI=1S/C20H25N3O5S2/c24-17-5-1-4-16(14-17)20(26)22-10-3-9-21-19(25)15-7-11-23(12-8-15)30(27,28)18-6-2-13-29-18/h1-2,4-6,13-15,24H,3,7-12H2,(H,21,25)(H,22,26). The van der Waals surface area contributed by atoms with Crippen molar-refractivity contribution in [2.75, 3.05) is 26.2 Å². The topological polar surface area (TPSA) is 116 Å². The highest BCUT2D eigenvalue weighted by molar-refractivity contribution is 7.91. The zero-order valence-corrected chi connectivity index (χ0v) is 18.0. The number of nitrogens with one attached hydrogen (secondary N) is 2. The molecule has 30 heavy (non-hydrogen) atoms. The molecule has 10 heteroatoms. The van der Waals surface area contributed by atoms with Gasteiger partial charge in [-0.05, 0) is 48.9 Å². The normalized spacial score (nSPS) is 15.6. The van der Waals surface area contributed by atoms with Crippen molar-refractivity contribution in [1.82, 2.24) is 14.9 Å². The molecule has 0 bridgehead atoms. The average Bonchev–Trinajstić information content (AvgIpc) is 3.29. The van der Waals surface area contributed by atoms with Crippen molar-refractivity contribution in [2.45, 2.75) is 23.5 Å². The molecule has 0 saturated carbocycles. The number of carbonyl (C=O) groups is 2. The van der Waals surface area contributed by atoms with Crippen molar-refractivity contribution in [3.05, 3.63) is 47.3 Å². The van der Waals surface area contributed by atoms with Gasteiger partial charge in [0.2, 0.25) is 5.91 Å². The molecule has 8 nitrogen and oxygen atoms in total. The van der Waals surface area contributed by atoms with Crippen molar-refractivity contribution in [3.63, 3.8) is 0 Å². The second kappa shape index (κ2) is 10.1. The predicted molar refractivity (Wildman–Crippen MR) is 114 cm³/mol. The van der Waals surface area contributed by atoms with Crippen LogP contribution in [0.5, 0.6) is 5.75 Å². The summed E-state index contributed by atoms with van der Waals surface area (Å²) in [7, 11) is -3.46. The van der Waals surface area contributed by atoms with Crippen LogP contribution in [0.25, 0.3) is 0 Å². The lowest BCUT2D eigenvalue weighted by atomic mass is 9.97. The summed E-state index contributed by atoms with van der Waals surface area (Å²) < 4.78 is 26.8. The van der Waals surface area contributed by atoms with Crippen LogP contribution in [0.15, 0.2) is 46.0 Å². The van der Waals surface area contributed by atoms with Crippen LogP contribution >= 0.6 is 11.3 Å². The summed E-state index contributed by atoms with van der Waals surface area (Å²) in [4.78, 5) is 24.3. The number of nitrogens with zero attached hydrogens (tertiary/aromatic N) is 1. The third-order valence-electron chi connectivity index (χ3n) is 4.96. The Bertz CT molecular complexity index is 968. The summed E-state index contributed by atoms with van der Waals surface area (Å²) in [5.74, 6) is -0.537. The lowest BCUT2D eigenvalue weighted by Gasteiger charge is -2.30. The fourth-order valence-corrected chi connectivity index (χ4v) is 5.91. The monoisotopic (exact) mass is 451 g/mol. The minimum atomic E-state index is -3.46. The van der Waals surface area contributed by atoms with E-state index in [1.165, 1.54) is 27.8 Å². The number of hydrogen-bond donors (Lipinski definition) is 3. The Morgan fingerprint density at radius 3 is 2.50 bits per heavy atom. The number of amides is 2. The molecule has 2 heterocycles. The molecule has 3 N–H and O–H groups in total. The lowest BCUT2D eigenvalue weighted by Crippen LogP contribution is -2.43. The summed E-state index contributed by atoms with van der Waals surface area (Å²) in [5, 5.41) is 16.7. The Balaban J connectivity index is 1.35. The van der Waals surface area contributed by atoms with Gasteiger partial charge in [-0.15, -0.1) is 11.3 Å². The molecular formula is C20H25N3O5S2. The number of carbonyl (C=O) groups excluding carboxylic acids is 2. The molecule has 2 amide bonds. The van der Waals surface area contributed by atoms with Crippen LogP contribution in [-0.2, 0) is 14.8 Å². The number of rotatable bonds is 8. The maximum absolute atomic E-state index is 12.5. The molecule has 1 aliphatic heterocycles. The van der Waals surface area contributed by atoms with E-state index >= 15 is 0 Å². The first-order valence-corrected chi connectivity index (χ1v) is 12.1. The second-order valence-corrected chi connectivity index (χ2v) is 10.2. The summed E-state index contributed by atoms with van der Waals surface area (Å²) in [6.45, 7) is 1.48. The molecule has 0 unspecified atom stereocenters. The summed E-state index contributed by atoms with van der Waals surface area (Å²) >= 11 is 1.20. The molecule has 0 atom stereocenters. The van der Waals surface area contributed by atoms with Crippen LogP contribution in [0, 0.1) is 5.92 Å². The number of thiophene rings is 1. The third-order valence-corrected chi connectivity index (χ3v) is 8.23. The molecule has 1 aromatic heterocycles. The summed E-state index contributed by atoms with van der Waals surface area (Å²) in [5.41, 5.74) is 0.378. The van der Waals surface area contributed by atoms with E-state index in [0.717, 1.165) is 0 Å². The Hall–Kier alpha value is -2.43. The largest absolute Gasteiger partial charge is 0.508 e. The van der Waals surface area contributed by atoms with E-state index in [1.54, 1.807) is 29.6 Å². The van der Waals surface area contributed by atoms with E-state index in [2.05, 4.69) is 10.6 Å². The third kappa shape index (κ3) is 5.59. The Morgan fingerprint density at radius 2 is 1.83 bits per heavy atom. The zero-order chi connectivity index (χ0) is 21.6. The van der Waals surface area contributed by atoms with Crippen LogP contribution in [-0.4, -0.2) is 55.8 Å². The maximum Gasteiger partial charge on any atom is 0.252 e. The van der Waals surface area contributed by atoms with Crippen LogP contribution in [0.4, 0.5) is 0 Å². The fraction of sp³-hybridized carbons (Fsp3) is 0.400. The highest BCUT2D eigenvalue weighted by Crippen LogP contribution is 2.26. The number of piperidine rings is 1. The first-order valence-electron chi connectivity index (χ1n) is 9.76. The van der Waals surface area contributed by atoms with Gasteiger partial charge in [0.05, 0.1) is 0 Å². The van der Waals surface area contributed by atoms with E-state index in [-0.39, 0.29) is 23.5 Å². The fourth-order valence-electron chi connectivity index (χ4n) is 3.29. The van der Waals surface area contributed by atoms with Gasteiger partial charge in [-0.25, -0.2) is 8.42 Å². The SMILES string of the molecule is O=C(NCCCNC(=O)C1CCN(S(=O)(=O)c2cccs2)CC1)c1cccc(O)c1. The van der Waals surface area contributed by atoms with Crippen LogP contribution in [0.2, 0.25) is 0 Å². The van der Waals surface area contributed by atoms with E-state index in [9.17, 15) is 23.1 Å². The molecule has 0 aliphatic carbocycles. The zero-order valence-electron chi connectivity index (χ0n) is 16.4. The number of hydrogen-bond acceptors (Lipinski definition) is 6. The van der Waals surface area contributed by atoms with Crippen molar-refractivity contribution in [1.29, 1.82) is 0 Å². The summed E-state index contributed by atoms with van der Waals surface area (Å²) in [6, 6.07) is 9.40. The van der Waals surface area contributed by atoms with Gasteiger partial charge >= 0.3 is 0 Å². The molecular weight excluding hydrogens is 426 g/mol. The average molecular weight is 452 g/mol. The predicted octanol–water partition coefficient (Wildman–Crippen LogP) is 1.79. The Kier molecular flexibility index (Phi) is 7.46. The molecule has 0 radical (unpaired) electrons. The molecule has 0 spiro atoms. The van der Waals surface area contributed by atoms with Gasteiger partial charge in [-0.1, -0.05) is 12.1 Å². The number of aromatic hydroxyl groups is 1. The molecule has 2 aromatic rings. The van der Waals surface area contributed by atoms with Gasteiger partial charge in [0.15, 0.2) is 0 Å². The van der Waals surface area contributed by atoms with E-state index < -0.39 is 10.0 Å². The van der Waals surface area contributed by atoms with Gasteiger partial charge in [-0.2, -0.15) is 4.31 Å². The number of sulfonamides is 1. The second-order valence-electron chi connectivity index (χ2n) is 7.06. The first kappa shape index (κ1) is 22.3. The Morgan fingerprint density at radius 1 is 1.10 bits per heavy atom. The number of phenols is 1. The van der Waals surface area contributed by atoms with Crippen molar-refractivity contribution in [2.24, 2.45) is 5.92 Å². The van der Waals surface area contributed by atoms with Gasteiger partial charge in [0.25, 0.3) is 15.9 Å². The molecule has 1 aliphatic rings. The lowest BCUT2D eigenvalue weighted by molar-refractivity contribution is -0.126. The van der Waals surface area contributed by atoms with E-state index in [4.69, 9.17) is 0 Å². The highest BCUT2D eigenvalue weighted by Gasteiger charge is 2.32. The highest BCUT2D eigenvalue weighted by atomic mass is 32.2. The minimum absolute atomic E-state index is 0.0316. The van der Waals surface area contributed by atoms with Crippen LogP contribution in [0.1, 0.15) is 29.6 Å². The molecule has 1 saturated heterocycles. The van der Waals surface area contributed by atoms with Gasteiger partial charge in [0, 0.05) is 37.7 Å². The van der Waals surface area contributed by atoms with Gasteiger partial charge < -0.3 is 15.7 Å². The number of benzene rings is 1. The van der Waals surface area contributed by atoms with Crippen molar-refractivity contribution >= 4 is 33.2 Å². The molecule has 3 rings (SSSR count). The quantitative estimate of drug-likeness (QED) is 0.529.